The van der Waals surface area contributed by atoms with Gasteiger partial charge in [0, 0.05) is 18.2 Å². The van der Waals surface area contributed by atoms with Crippen LogP contribution in [0.5, 0.6) is 5.75 Å². The van der Waals surface area contributed by atoms with Gasteiger partial charge in [-0.3, -0.25) is 4.79 Å². The number of ketones is 1. The van der Waals surface area contributed by atoms with Crippen molar-refractivity contribution in [3.05, 3.63) is 108 Å². The number of carbonyl (C=O) groups is 2. The van der Waals surface area contributed by atoms with E-state index in [1.54, 1.807) is 77.2 Å². The maximum atomic E-state index is 12.3. The fraction of sp³-hybridized carbons (Fsp3) is 0.529. The first-order valence-electron chi connectivity index (χ1n) is 21.3. The molecule has 55 heavy (non-hydrogen) atoms. The van der Waals surface area contributed by atoms with E-state index < -0.39 is 5.97 Å². The monoisotopic (exact) mass is 747 g/mol. The maximum absolute atomic E-state index is 12.3. The molecule has 2 atom stereocenters. The Kier molecular flexibility index (Phi) is 17.7. The van der Waals surface area contributed by atoms with Gasteiger partial charge in [0.1, 0.15) is 5.75 Å². The second-order valence-electron chi connectivity index (χ2n) is 16.8. The van der Waals surface area contributed by atoms with E-state index >= 15 is 0 Å². The van der Waals surface area contributed by atoms with Gasteiger partial charge < -0.3 is 9.47 Å². The van der Waals surface area contributed by atoms with Gasteiger partial charge in [0.2, 0.25) is 0 Å². The minimum absolute atomic E-state index is 0.00482. The van der Waals surface area contributed by atoms with Gasteiger partial charge in [-0.1, -0.05) is 126 Å². The Morgan fingerprint density at radius 2 is 1.47 bits per heavy atom. The standard InChI is InChI=1S/C25H24O4.C19H36.C7H10/c1-16(2)25(27)29-22-12-7-19(8-13-22)23-14-9-20(15-24(23)17(3)26)18-5-10-21(28-4)11-6-18;1-4-6-16-7-9-18(10-8-16)19-13-11-17(12-14-19)15(3)5-2;1-6(2)5-7-3-4-7/h5-10,12-15,21H,1,11H2,2-4H3;15-19H,4-14H2,1-3H3;5H,1,3-4H2,2H3. The van der Waals surface area contributed by atoms with E-state index in [0.717, 1.165) is 58.3 Å². The zero-order valence-corrected chi connectivity index (χ0v) is 35.3. The number of esters is 1. The summed E-state index contributed by atoms with van der Waals surface area (Å²) < 4.78 is 10.6. The molecular weight excluding hydrogens is 677 g/mol. The van der Waals surface area contributed by atoms with Gasteiger partial charge in [-0.25, -0.2) is 4.79 Å². The summed E-state index contributed by atoms with van der Waals surface area (Å²) in [6, 6.07) is 13.0. The van der Waals surface area contributed by atoms with Gasteiger partial charge in [-0.2, -0.15) is 0 Å². The Morgan fingerprint density at radius 3 is 1.95 bits per heavy atom. The van der Waals surface area contributed by atoms with Crippen LogP contribution in [-0.2, 0) is 9.53 Å². The molecule has 4 aliphatic carbocycles. The number of allylic oxidation sites excluding steroid dienone is 5. The average Bonchev–Trinajstić information content (AvgIpc) is 4.02. The fourth-order valence-electron chi connectivity index (χ4n) is 8.59. The molecule has 0 heterocycles. The Labute approximate surface area is 334 Å². The van der Waals surface area contributed by atoms with Crippen LogP contribution in [-0.4, -0.2) is 25.0 Å². The smallest absolute Gasteiger partial charge is 0.338 e. The van der Waals surface area contributed by atoms with Crippen molar-refractivity contribution >= 4 is 17.3 Å². The summed E-state index contributed by atoms with van der Waals surface area (Å²) in [5.41, 5.74) is 7.54. The van der Waals surface area contributed by atoms with Crippen LogP contribution in [0.1, 0.15) is 147 Å². The number of carbonyl (C=O) groups excluding carboxylic acids is 2. The lowest BCUT2D eigenvalue weighted by Gasteiger charge is -2.39. The number of rotatable bonds is 12. The van der Waals surface area contributed by atoms with Crippen molar-refractivity contribution in [3.63, 3.8) is 0 Å². The Bertz CT molecular complexity index is 1670. The highest BCUT2D eigenvalue weighted by atomic mass is 16.5. The average molecular weight is 747 g/mol. The molecule has 0 radical (unpaired) electrons. The molecule has 298 valence electrons. The molecule has 2 aromatic carbocycles. The third kappa shape index (κ3) is 14.0. The molecule has 0 aromatic heterocycles. The van der Waals surface area contributed by atoms with Crippen LogP contribution in [0.3, 0.4) is 0 Å². The molecule has 0 bridgehead atoms. The molecular formula is C51H70O4. The van der Waals surface area contributed by atoms with Crippen molar-refractivity contribution in [2.24, 2.45) is 29.6 Å². The van der Waals surface area contributed by atoms with E-state index in [0.29, 0.717) is 16.9 Å². The predicted octanol–water partition coefficient (Wildman–Crippen LogP) is 14.1. The van der Waals surface area contributed by atoms with Crippen molar-refractivity contribution in [2.75, 3.05) is 7.11 Å². The number of methoxy groups -OCH3 is 1. The lowest BCUT2D eigenvalue weighted by Crippen LogP contribution is -2.27. The van der Waals surface area contributed by atoms with E-state index in [4.69, 9.17) is 9.47 Å². The number of benzene rings is 2. The van der Waals surface area contributed by atoms with E-state index in [-0.39, 0.29) is 11.9 Å². The molecule has 2 aromatic rings. The Balaban J connectivity index is 0.000000220. The van der Waals surface area contributed by atoms with Crippen LogP contribution in [0, 0.1) is 29.6 Å². The molecule has 0 aliphatic heterocycles. The van der Waals surface area contributed by atoms with Gasteiger partial charge in [-0.15, -0.1) is 0 Å². The predicted molar refractivity (Wildman–Crippen MR) is 232 cm³/mol. The van der Waals surface area contributed by atoms with Crippen LogP contribution in [0.15, 0.2) is 96.6 Å². The largest absolute Gasteiger partial charge is 0.423 e. The first-order chi connectivity index (χ1) is 26.4. The highest BCUT2D eigenvalue weighted by molar-refractivity contribution is 6.02. The SMILES string of the molecule is C=C(C)C(=O)Oc1ccc(-c2ccc(C3=CCC(OC)C=C3)cc2C(C)=O)cc1.C=C(C)C=C1CC1.CCCC1CCC(C2CCC(C(C)CC)CC2)CC1. The zero-order valence-electron chi connectivity index (χ0n) is 35.3. The van der Waals surface area contributed by atoms with E-state index in [1.807, 2.05) is 49.4 Å². The minimum atomic E-state index is -0.462. The summed E-state index contributed by atoms with van der Waals surface area (Å²) >= 11 is 0. The van der Waals surface area contributed by atoms with Crippen molar-refractivity contribution in [1.82, 2.24) is 0 Å². The summed E-state index contributed by atoms with van der Waals surface area (Å²) in [7, 11) is 1.70. The van der Waals surface area contributed by atoms with Gasteiger partial charge in [-0.05, 0) is 149 Å². The molecule has 0 saturated heterocycles. The first-order valence-corrected chi connectivity index (χ1v) is 21.3. The lowest BCUT2D eigenvalue weighted by atomic mass is 9.67. The molecule has 4 aliphatic rings. The van der Waals surface area contributed by atoms with Gasteiger partial charge in [0.05, 0.1) is 6.10 Å². The van der Waals surface area contributed by atoms with Crippen molar-refractivity contribution in [2.45, 2.75) is 138 Å². The summed E-state index contributed by atoms with van der Waals surface area (Å²) in [4.78, 5) is 24.0. The van der Waals surface area contributed by atoms with E-state index in [9.17, 15) is 9.59 Å². The highest BCUT2D eigenvalue weighted by Crippen LogP contribution is 2.44. The van der Waals surface area contributed by atoms with E-state index in [2.05, 4.69) is 46.1 Å². The normalized spacial score (nSPS) is 23.4. The zero-order chi connectivity index (χ0) is 39.9. The Morgan fingerprint density at radius 1 is 0.855 bits per heavy atom. The number of ether oxygens (including phenoxy) is 2. The third-order valence-electron chi connectivity index (χ3n) is 12.3. The molecule has 6 rings (SSSR count). The van der Waals surface area contributed by atoms with Crippen molar-refractivity contribution in [3.8, 4) is 16.9 Å². The second kappa shape index (κ2) is 22.1. The van der Waals surface area contributed by atoms with Crippen LogP contribution in [0.2, 0.25) is 0 Å². The fourth-order valence-corrected chi connectivity index (χ4v) is 8.59. The second-order valence-corrected chi connectivity index (χ2v) is 16.8. The summed E-state index contributed by atoms with van der Waals surface area (Å²) in [6.07, 6.45) is 28.5. The highest BCUT2D eigenvalue weighted by Gasteiger charge is 2.31. The lowest BCUT2D eigenvalue weighted by molar-refractivity contribution is -0.130. The van der Waals surface area contributed by atoms with Crippen LogP contribution in [0.25, 0.3) is 16.7 Å². The molecule has 0 N–H and O–H groups in total. The molecule has 3 fully saturated rings. The minimum Gasteiger partial charge on any atom is -0.423 e. The number of Topliss-reactive ketones (excluding diaryl/α,β-unsaturated/α-hetero) is 1. The molecule has 3 saturated carbocycles. The summed E-state index contributed by atoms with van der Waals surface area (Å²) in [5, 5.41) is 0. The molecule has 4 nitrogen and oxygen atoms in total. The number of hydrogen-bond donors (Lipinski definition) is 0. The maximum Gasteiger partial charge on any atom is 0.338 e. The molecule has 2 unspecified atom stereocenters. The number of hydrogen-bond acceptors (Lipinski definition) is 4. The molecule has 0 amide bonds. The summed E-state index contributed by atoms with van der Waals surface area (Å²) in [5.74, 6) is 5.28. The van der Waals surface area contributed by atoms with Crippen LogP contribution >= 0.6 is 0 Å². The third-order valence-corrected chi connectivity index (χ3v) is 12.3. The van der Waals surface area contributed by atoms with Crippen LogP contribution in [0.4, 0.5) is 0 Å². The van der Waals surface area contributed by atoms with E-state index in [1.165, 1.54) is 50.5 Å². The topological polar surface area (TPSA) is 52.6 Å². The van der Waals surface area contributed by atoms with Crippen molar-refractivity contribution < 1.29 is 19.1 Å². The van der Waals surface area contributed by atoms with Gasteiger partial charge >= 0.3 is 5.97 Å². The first kappa shape index (κ1) is 44.0. The van der Waals surface area contributed by atoms with Gasteiger partial charge in [0.25, 0.3) is 0 Å². The quantitative estimate of drug-likeness (QED) is 0.0939. The summed E-state index contributed by atoms with van der Waals surface area (Å²) in [6.45, 7) is 19.7. The molecule has 0 spiro atoms. The Hall–Kier alpha value is -3.76. The van der Waals surface area contributed by atoms with Crippen LogP contribution < -0.4 is 4.74 Å². The van der Waals surface area contributed by atoms with Crippen molar-refractivity contribution in [1.29, 1.82) is 0 Å². The van der Waals surface area contributed by atoms with Gasteiger partial charge in [0.15, 0.2) is 5.78 Å². The molecule has 4 heteroatoms.